The molecule has 0 radical (unpaired) electrons. The fourth-order valence-corrected chi connectivity index (χ4v) is 2.02. The second kappa shape index (κ2) is 4.73. The third-order valence-corrected chi connectivity index (χ3v) is 2.93. The van der Waals surface area contributed by atoms with Gasteiger partial charge in [0.15, 0.2) is 11.6 Å². The summed E-state index contributed by atoms with van der Waals surface area (Å²) in [4.78, 5) is 4.45. The summed E-state index contributed by atoms with van der Waals surface area (Å²) in [6.45, 7) is 2.89. The second-order valence-corrected chi connectivity index (χ2v) is 4.07. The van der Waals surface area contributed by atoms with Gasteiger partial charge in [-0.05, 0) is 31.4 Å². The highest BCUT2D eigenvalue weighted by Crippen LogP contribution is 2.26. The zero-order valence-corrected chi connectivity index (χ0v) is 9.39. The summed E-state index contributed by atoms with van der Waals surface area (Å²) in [5.74, 6) is -1.45. The summed E-state index contributed by atoms with van der Waals surface area (Å²) in [6, 6.07) is 2.83. The average molecular weight is 223 g/mol. The van der Waals surface area contributed by atoms with Gasteiger partial charge in [-0.3, -0.25) is 4.99 Å². The van der Waals surface area contributed by atoms with Crippen LogP contribution in [0, 0.1) is 11.6 Å². The first kappa shape index (κ1) is 11.2. The van der Waals surface area contributed by atoms with Gasteiger partial charge in [-0.2, -0.15) is 0 Å². The molecule has 1 aromatic rings. The lowest BCUT2D eigenvalue weighted by Gasteiger charge is -2.02. The van der Waals surface area contributed by atoms with Crippen LogP contribution in [0.2, 0.25) is 0 Å². The van der Waals surface area contributed by atoms with Gasteiger partial charge in [0.1, 0.15) is 0 Å². The number of rotatable bonds is 3. The van der Waals surface area contributed by atoms with E-state index in [1.54, 1.807) is 6.07 Å². The summed E-state index contributed by atoms with van der Waals surface area (Å²) >= 11 is 0. The molecule has 0 amide bonds. The Morgan fingerprint density at radius 2 is 2.06 bits per heavy atom. The van der Waals surface area contributed by atoms with Crippen molar-refractivity contribution in [3.05, 3.63) is 34.9 Å². The molecular formula is C13H15F2N. The third kappa shape index (κ3) is 1.99. The van der Waals surface area contributed by atoms with Gasteiger partial charge in [-0.1, -0.05) is 13.3 Å². The van der Waals surface area contributed by atoms with Crippen LogP contribution in [0.1, 0.15) is 37.3 Å². The van der Waals surface area contributed by atoms with Crippen LogP contribution in [0.3, 0.4) is 0 Å². The van der Waals surface area contributed by atoms with Crippen LogP contribution in [0.25, 0.3) is 0 Å². The summed E-state index contributed by atoms with van der Waals surface area (Å²) in [6.07, 6.45) is 3.45. The number of fused-ring (bicyclic) bond motifs is 1. The summed E-state index contributed by atoms with van der Waals surface area (Å²) in [7, 11) is 0. The van der Waals surface area contributed by atoms with Gasteiger partial charge in [0.05, 0.1) is 0 Å². The SMILES string of the molecule is CCCC/N=C1\CCc2c1ccc(F)c2F. The van der Waals surface area contributed by atoms with Crippen molar-refractivity contribution in [1.82, 2.24) is 0 Å². The lowest BCUT2D eigenvalue weighted by molar-refractivity contribution is 0.500. The van der Waals surface area contributed by atoms with Crippen molar-refractivity contribution in [3.63, 3.8) is 0 Å². The van der Waals surface area contributed by atoms with Gasteiger partial charge in [-0.25, -0.2) is 8.78 Å². The second-order valence-electron chi connectivity index (χ2n) is 4.07. The number of benzene rings is 1. The molecule has 0 N–H and O–H groups in total. The molecule has 0 aromatic heterocycles. The van der Waals surface area contributed by atoms with Gasteiger partial charge < -0.3 is 0 Å². The molecule has 2 rings (SSSR count). The normalized spacial score (nSPS) is 16.8. The smallest absolute Gasteiger partial charge is 0.162 e. The van der Waals surface area contributed by atoms with Crippen molar-refractivity contribution in [1.29, 1.82) is 0 Å². The number of hydrogen-bond donors (Lipinski definition) is 0. The molecule has 0 heterocycles. The van der Waals surface area contributed by atoms with E-state index >= 15 is 0 Å². The minimum absolute atomic E-state index is 0.496. The number of halogens is 2. The molecule has 0 saturated carbocycles. The minimum Gasteiger partial charge on any atom is -0.289 e. The zero-order valence-electron chi connectivity index (χ0n) is 9.39. The Labute approximate surface area is 94.2 Å². The van der Waals surface area contributed by atoms with Crippen molar-refractivity contribution >= 4 is 5.71 Å². The predicted octanol–water partition coefficient (Wildman–Crippen LogP) is 3.50. The van der Waals surface area contributed by atoms with Crippen LogP contribution in [-0.2, 0) is 6.42 Å². The van der Waals surface area contributed by atoms with E-state index in [9.17, 15) is 8.78 Å². The van der Waals surface area contributed by atoms with Crippen molar-refractivity contribution in [3.8, 4) is 0 Å². The maximum Gasteiger partial charge on any atom is 0.162 e. The standard InChI is InChI=1S/C13H15F2N/c1-2-3-8-16-12-7-5-10-9(12)4-6-11(14)13(10)15/h4,6H,2-3,5,7-8H2,1H3/b16-12+. The van der Waals surface area contributed by atoms with Gasteiger partial charge in [0.25, 0.3) is 0 Å². The van der Waals surface area contributed by atoms with Crippen LogP contribution >= 0.6 is 0 Å². The minimum atomic E-state index is -0.756. The summed E-state index contributed by atoms with van der Waals surface area (Å²) in [5.41, 5.74) is 2.23. The van der Waals surface area contributed by atoms with Gasteiger partial charge in [0, 0.05) is 23.4 Å². The first-order chi connectivity index (χ1) is 7.74. The summed E-state index contributed by atoms with van der Waals surface area (Å²) in [5, 5.41) is 0. The van der Waals surface area contributed by atoms with E-state index in [-0.39, 0.29) is 0 Å². The van der Waals surface area contributed by atoms with E-state index in [2.05, 4.69) is 11.9 Å². The number of aliphatic imine (C=N–C) groups is 1. The largest absolute Gasteiger partial charge is 0.289 e. The Kier molecular flexibility index (Phi) is 3.32. The van der Waals surface area contributed by atoms with E-state index in [1.165, 1.54) is 6.07 Å². The molecule has 0 spiro atoms. The fraction of sp³-hybridized carbons (Fsp3) is 0.462. The molecule has 0 unspecified atom stereocenters. The van der Waals surface area contributed by atoms with Crippen LogP contribution < -0.4 is 0 Å². The van der Waals surface area contributed by atoms with Gasteiger partial charge >= 0.3 is 0 Å². The Bertz CT molecular complexity index is 424. The van der Waals surface area contributed by atoms with Gasteiger partial charge in [0.2, 0.25) is 0 Å². The fourth-order valence-electron chi connectivity index (χ4n) is 2.02. The monoisotopic (exact) mass is 223 g/mol. The quantitative estimate of drug-likeness (QED) is 0.695. The van der Waals surface area contributed by atoms with E-state index in [0.717, 1.165) is 37.1 Å². The summed E-state index contributed by atoms with van der Waals surface area (Å²) < 4.78 is 26.4. The topological polar surface area (TPSA) is 12.4 Å². The molecule has 0 bridgehead atoms. The van der Waals surface area contributed by atoms with Crippen LogP contribution in [-0.4, -0.2) is 12.3 Å². The van der Waals surface area contributed by atoms with Crippen LogP contribution in [0.4, 0.5) is 8.78 Å². The molecule has 0 aliphatic heterocycles. The highest BCUT2D eigenvalue weighted by molar-refractivity contribution is 6.04. The number of hydrogen-bond acceptors (Lipinski definition) is 1. The van der Waals surface area contributed by atoms with Crippen molar-refractivity contribution < 1.29 is 8.78 Å². The molecule has 3 heteroatoms. The van der Waals surface area contributed by atoms with Crippen molar-refractivity contribution in [2.75, 3.05) is 6.54 Å². The molecule has 1 nitrogen and oxygen atoms in total. The van der Waals surface area contributed by atoms with E-state index in [4.69, 9.17) is 0 Å². The lowest BCUT2D eigenvalue weighted by atomic mass is 10.1. The Balaban J connectivity index is 2.27. The first-order valence-corrected chi connectivity index (χ1v) is 5.74. The molecule has 16 heavy (non-hydrogen) atoms. The Morgan fingerprint density at radius 1 is 1.25 bits per heavy atom. The molecule has 0 atom stereocenters. The molecule has 1 aliphatic rings. The van der Waals surface area contributed by atoms with Gasteiger partial charge in [-0.15, -0.1) is 0 Å². The number of nitrogens with zero attached hydrogens (tertiary/aromatic N) is 1. The molecule has 1 aromatic carbocycles. The van der Waals surface area contributed by atoms with E-state index in [0.29, 0.717) is 12.0 Å². The molecular weight excluding hydrogens is 208 g/mol. The van der Waals surface area contributed by atoms with Crippen molar-refractivity contribution in [2.24, 2.45) is 4.99 Å². The van der Waals surface area contributed by atoms with E-state index in [1.807, 2.05) is 0 Å². The molecule has 0 fully saturated rings. The van der Waals surface area contributed by atoms with E-state index < -0.39 is 11.6 Å². The molecule has 1 aliphatic carbocycles. The molecule has 86 valence electrons. The lowest BCUT2D eigenvalue weighted by Crippen LogP contribution is -1.98. The maximum atomic E-state index is 13.4. The highest BCUT2D eigenvalue weighted by Gasteiger charge is 2.22. The van der Waals surface area contributed by atoms with Crippen molar-refractivity contribution in [2.45, 2.75) is 32.6 Å². The zero-order chi connectivity index (χ0) is 11.5. The predicted molar refractivity (Wildman–Crippen MR) is 61.0 cm³/mol. The Morgan fingerprint density at radius 3 is 2.81 bits per heavy atom. The van der Waals surface area contributed by atoms with Crippen LogP contribution in [0.15, 0.2) is 17.1 Å². The average Bonchev–Trinajstić information content (AvgIpc) is 2.68. The molecule has 0 saturated heterocycles. The number of unbranched alkanes of at least 4 members (excludes halogenated alkanes) is 1. The maximum absolute atomic E-state index is 13.4. The Hall–Kier alpha value is -1.25. The third-order valence-electron chi connectivity index (χ3n) is 2.93. The highest BCUT2D eigenvalue weighted by atomic mass is 19.2. The van der Waals surface area contributed by atoms with Crippen LogP contribution in [0.5, 0.6) is 0 Å². The first-order valence-electron chi connectivity index (χ1n) is 5.74.